The minimum atomic E-state index is -1.20. The summed E-state index contributed by atoms with van der Waals surface area (Å²) in [5.41, 5.74) is 0. The summed E-state index contributed by atoms with van der Waals surface area (Å²) in [6.07, 6.45) is 2.37. The van der Waals surface area contributed by atoms with E-state index in [-0.39, 0.29) is 0 Å². The summed E-state index contributed by atoms with van der Waals surface area (Å²) >= 11 is 0. The third-order valence-electron chi connectivity index (χ3n) is 1.08. The van der Waals surface area contributed by atoms with Gasteiger partial charge in [0.2, 0.25) is 0 Å². The molecule has 12 heavy (non-hydrogen) atoms. The molecule has 1 aromatic rings. The first-order valence-electron chi connectivity index (χ1n) is 3.24. The number of carbonyl (C=O) groups is 2. The summed E-state index contributed by atoms with van der Waals surface area (Å²) < 4.78 is 1.14. The van der Waals surface area contributed by atoms with Crippen molar-refractivity contribution >= 4 is 11.9 Å². The van der Waals surface area contributed by atoms with Gasteiger partial charge in [-0.2, -0.15) is 4.73 Å². The van der Waals surface area contributed by atoms with Crippen molar-refractivity contribution in [2.45, 2.75) is 6.42 Å². The molecule has 1 heterocycles. The van der Waals surface area contributed by atoms with Crippen molar-refractivity contribution in [2.75, 3.05) is 0 Å². The largest absolute Gasteiger partial charge is 0.481 e. The van der Waals surface area contributed by atoms with Crippen molar-refractivity contribution in [1.29, 1.82) is 0 Å². The van der Waals surface area contributed by atoms with Gasteiger partial charge in [-0.3, -0.25) is 4.79 Å². The maximum absolute atomic E-state index is 10.7. The van der Waals surface area contributed by atoms with Crippen LogP contribution in [0.2, 0.25) is 0 Å². The number of hydrogen-bond donors (Lipinski definition) is 1. The molecular formula is C7H7NO4. The summed E-state index contributed by atoms with van der Waals surface area (Å²) in [5, 5.41) is 8.20. The average Bonchev–Trinajstić information content (AvgIpc) is 2.37. The Balaban J connectivity index is 2.42. The van der Waals surface area contributed by atoms with Gasteiger partial charge in [-0.25, -0.2) is 4.79 Å². The molecule has 0 radical (unpaired) electrons. The topological polar surface area (TPSA) is 68.5 Å². The summed E-state index contributed by atoms with van der Waals surface area (Å²) in [4.78, 5) is 25.3. The van der Waals surface area contributed by atoms with Crippen molar-refractivity contribution in [3.63, 3.8) is 0 Å². The lowest BCUT2D eigenvalue weighted by Crippen LogP contribution is -2.20. The molecular weight excluding hydrogens is 162 g/mol. The molecule has 0 saturated carbocycles. The molecule has 0 fully saturated rings. The average molecular weight is 169 g/mol. The molecule has 0 bridgehead atoms. The Kier molecular flexibility index (Phi) is 2.47. The predicted molar refractivity (Wildman–Crippen MR) is 38.3 cm³/mol. The van der Waals surface area contributed by atoms with Crippen LogP contribution in [0.3, 0.4) is 0 Å². The van der Waals surface area contributed by atoms with Crippen molar-refractivity contribution in [3.05, 3.63) is 24.5 Å². The number of aromatic nitrogens is 1. The quantitative estimate of drug-likeness (QED) is 0.642. The molecule has 0 aliphatic carbocycles. The standard InChI is InChI=1S/C7H7NO4/c9-6(10)5-7(11)12-8-3-1-2-4-8/h1-4H,5H2,(H,9,10). The van der Waals surface area contributed by atoms with Gasteiger partial charge in [0.15, 0.2) is 0 Å². The van der Waals surface area contributed by atoms with E-state index in [0.717, 1.165) is 4.73 Å². The molecule has 1 aromatic heterocycles. The normalized spacial score (nSPS) is 9.33. The van der Waals surface area contributed by atoms with Crippen LogP contribution in [0, 0.1) is 0 Å². The summed E-state index contributed by atoms with van der Waals surface area (Å²) in [6, 6.07) is 3.32. The lowest BCUT2D eigenvalue weighted by Gasteiger charge is -2.00. The fraction of sp³-hybridized carbons (Fsp3) is 0.143. The highest BCUT2D eigenvalue weighted by atomic mass is 16.7. The van der Waals surface area contributed by atoms with Gasteiger partial charge in [-0.05, 0) is 12.1 Å². The predicted octanol–water partition coefficient (Wildman–Crippen LogP) is -0.0820. The molecule has 5 nitrogen and oxygen atoms in total. The second-order valence-corrected chi connectivity index (χ2v) is 2.08. The van der Waals surface area contributed by atoms with Gasteiger partial charge in [0.1, 0.15) is 6.42 Å². The van der Waals surface area contributed by atoms with Gasteiger partial charge in [-0.15, -0.1) is 0 Å². The number of carbonyl (C=O) groups excluding carboxylic acids is 1. The van der Waals surface area contributed by atoms with E-state index in [9.17, 15) is 9.59 Å². The molecule has 0 spiro atoms. The number of rotatable bonds is 3. The lowest BCUT2D eigenvalue weighted by molar-refractivity contribution is -0.151. The Morgan fingerprint density at radius 3 is 2.42 bits per heavy atom. The van der Waals surface area contributed by atoms with Crippen LogP contribution in [0.1, 0.15) is 6.42 Å². The third-order valence-corrected chi connectivity index (χ3v) is 1.08. The molecule has 1 rings (SSSR count). The van der Waals surface area contributed by atoms with E-state index in [4.69, 9.17) is 5.11 Å². The number of hydrogen-bond acceptors (Lipinski definition) is 3. The molecule has 0 amide bonds. The SMILES string of the molecule is O=C(O)CC(=O)On1cccc1. The van der Waals surface area contributed by atoms with Crippen LogP contribution in [-0.4, -0.2) is 21.8 Å². The molecule has 0 saturated heterocycles. The van der Waals surface area contributed by atoms with Crippen LogP contribution in [-0.2, 0) is 9.59 Å². The molecule has 0 aliphatic rings. The first-order chi connectivity index (χ1) is 5.68. The number of carboxylic acid groups (broad SMARTS) is 1. The highest BCUT2D eigenvalue weighted by molar-refractivity contribution is 5.90. The molecule has 0 unspecified atom stereocenters. The zero-order valence-corrected chi connectivity index (χ0v) is 6.14. The van der Waals surface area contributed by atoms with E-state index in [2.05, 4.69) is 4.84 Å². The molecule has 0 atom stereocenters. The monoisotopic (exact) mass is 169 g/mol. The van der Waals surface area contributed by atoms with Crippen molar-refractivity contribution < 1.29 is 19.5 Å². The number of aliphatic carboxylic acids is 1. The van der Waals surface area contributed by atoms with E-state index >= 15 is 0 Å². The van der Waals surface area contributed by atoms with Gasteiger partial charge in [0, 0.05) is 12.4 Å². The molecule has 0 aromatic carbocycles. The van der Waals surface area contributed by atoms with E-state index < -0.39 is 18.4 Å². The fourth-order valence-electron chi connectivity index (χ4n) is 0.653. The highest BCUT2D eigenvalue weighted by Crippen LogP contribution is 1.88. The number of nitrogens with zero attached hydrogens (tertiary/aromatic N) is 1. The second-order valence-electron chi connectivity index (χ2n) is 2.08. The fourth-order valence-corrected chi connectivity index (χ4v) is 0.653. The number of carboxylic acids is 1. The zero-order chi connectivity index (χ0) is 8.97. The summed E-state index contributed by atoms with van der Waals surface area (Å²) in [6.45, 7) is 0. The van der Waals surface area contributed by atoms with Crippen LogP contribution in [0.25, 0.3) is 0 Å². The maximum atomic E-state index is 10.7. The third kappa shape index (κ3) is 2.45. The summed E-state index contributed by atoms with van der Waals surface area (Å²) in [7, 11) is 0. The Labute approximate surface area is 68.1 Å². The van der Waals surface area contributed by atoms with Crippen LogP contribution in [0.4, 0.5) is 0 Å². The van der Waals surface area contributed by atoms with Gasteiger partial charge in [-0.1, -0.05) is 0 Å². The van der Waals surface area contributed by atoms with Gasteiger partial charge >= 0.3 is 11.9 Å². The molecule has 1 N–H and O–H groups in total. The van der Waals surface area contributed by atoms with Crippen molar-refractivity contribution in [2.24, 2.45) is 0 Å². The van der Waals surface area contributed by atoms with Crippen LogP contribution in [0.15, 0.2) is 24.5 Å². The van der Waals surface area contributed by atoms with E-state index in [1.165, 1.54) is 12.4 Å². The smallest absolute Gasteiger partial charge is 0.343 e. The highest BCUT2D eigenvalue weighted by Gasteiger charge is 2.08. The van der Waals surface area contributed by atoms with Crippen LogP contribution in [0.5, 0.6) is 0 Å². The van der Waals surface area contributed by atoms with Crippen LogP contribution < -0.4 is 4.84 Å². The van der Waals surface area contributed by atoms with Gasteiger partial charge < -0.3 is 9.94 Å². The molecule has 5 heteroatoms. The Bertz CT molecular complexity index is 278. The van der Waals surface area contributed by atoms with Crippen LogP contribution >= 0.6 is 0 Å². The minimum Gasteiger partial charge on any atom is -0.481 e. The Morgan fingerprint density at radius 2 is 1.92 bits per heavy atom. The molecule has 0 aliphatic heterocycles. The van der Waals surface area contributed by atoms with Gasteiger partial charge in [0.25, 0.3) is 0 Å². The molecule has 64 valence electrons. The Morgan fingerprint density at radius 1 is 1.33 bits per heavy atom. The van der Waals surface area contributed by atoms with E-state index in [1.807, 2.05) is 0 Å². The van der Waals surface area contributed by atoms with Crippen molar-refractivity contribution in [3.8, 4) is 0 Å². The van der Waals surface area contributed by atoms with E-state index in [0.29, 0.717) is 0 Å². The second kappa shape index (κ2) is 3.56. The van der Waals surface area contributed by atoms with Crippen molar-refractivity contribution in [1.82, 2.24) is 4.73 Å². The lowest BCUT2D eigenvalue weighted by atomic mass is 10.5. The summed E-state index contributed by atoms with van der Waals surface area (Å²) in [5.74, 6) is -1.99. The Hall–Kier alpha value is -1.78. The van der Waals surface area contributed by atoms with E-state index in [1.54, 1.807) is 12.1 Å². The zero-order valence-electron chi connectivity index (χ0n) is 6.14. The van der Waals surface area contributed by atoms with Gasteiger partial charge in [0.05, 0.1) is 0 Å². The maximum Gasteiger partial charge on any atom is 0.343 e. The first kappa shape index (κ1) is 8.32. The minimum absolute atomic E-state index is 0.627. The first-order valence-corrected chi connectivity index (χ1v) is 3.24.